The number of hydrogen-bond donors (Lipinski definition) is 1. The van der Waals surface area contributed by atoms with Gasteiger partial charge in [-0.15, -0.1) is 11.3 Å². The monoisotopic (exact) mass is 312 g/mol. The molecule has 0 aliphatic carbocycles. The van der Waals surface area contributed by atoms with E-state index in [9.17, 15) is 13.2 Å². The number of Topliss-reactive ketones (excluding diaryl/α,β-unsaturated/α-hetero) is 1. The molecule has 0 amide bonds. The summed E-state index contributed by atoms with van der Waals surface area (Å²) in [7, 11) is -2.22. The minimum Gasteiger partial charge on any atom is -0.497 e. The second-order valence-electron chi connectivity index (χ2n) is 3.88. The number of rotatable bonds is 5. The highest BCUT2D eigenvalue weighted by Gasteiger charge is 2.16. The van der Waals surface area contributed by atoms with Crippen LogP contribution in [-0.2, 0) is 10.0 Å². The third-order valence-electron chi connectivity index (χ3n) is 2.46. The van der Waals surface area contributed by atoms with E-state index >= 15 is 0 Å². The minimum atomic E-state index is -3.72. The Morgan fingerprint density at radius 3 is 2.45 bits per heavy atom. The van der Waals surface area contributed by atoms with Crippen LogP contribution in [0.25, 0.3) is 0 Å². The molecule has 6 nitrogen and oxygen atoms in total. The number of ketones is 1. The maximum absolute atomic E-state index is 12.1. The molecule has 2 aromatic rings. The molecule has 8 heteroatoms. The van der Waals surface area contributed by atoms with Gasteiger partial charge in [-0.25, -0.2) is 13.4 Å². The second kappa shape index (κ2) is 5.59. The van der Waals surface area contributed by atoms with Gasteiger partial charge in [0.2, 0.25) is 0 Å². The SMILES string of the molecule is COc1ccc(S(=O)(=O)Nc2nc(C(C)=O)cs2)cc1. The Bertz CT molecular complexity index is 720. The highest BCUT2D eigenvalue weighted by atomic mass is 32.2. The quantitative estimate of drug-likeness (QED) is 0.855. The fourth-order valence-electron chi connectivity index (χ4n) is 1.41. The van der Waals surface area contributed by atoms with Crippen molar-refractivity contribution in [3.8, 4) is 5.75 Å². The van der Waals surface area contributed by atoms with E-state index in [2.05, 4.69) is 9.71 Å². The van der Waals surface area contributed by atoms with Gasteiger partial charge >= 0.3 is 0 Å². The third kappa shape index (κ3) is 3.14. The maximum atomic E-state index is 12.1. The highest BCUT2D eigenvalue weighted by molar-refractivity contribution is 7.93. The van der Waals surface area contributed by atoms with Crippen molar-refractivity contribution < 1.29 is 17.9 Å². The van der Waals surface area contributed by atoms with Gasteiger partial charge in [0.15, 0.2) is 10.9 Å². The largest absolute Gasteiger partial charge is 0.497 e. The maximum Gasteiger partial charge on any atom is 0.263 e. The molecule has 1 N–H and O–H groups in total. The number of ether oxygens (including phenoxy) is 1. The van der Waals surface area contributed by atoms with Gasteiger partial charge in [0.05, 0.1) is 12.0 Å². The first-order valence-corrected chi connectivity index (χ1v) is 7.92. The van der Waals surface area contributed by atoms with Gasteiger partial charge in [0.25, 0.3) is 10.0 Å². The van der Waals surface area contributed by atoms with E-state index in [4.69, 9.17) is 4.74 Å². The molecule has 20 heavy (non-hydrogen) atoms. The molecule has 0 bridgehead atoms. The molecule has 0 atom stereocenters. The van der Waals surface area contributed by atoms with Gasteiger partial charge in [0, 0.05) is 12.3 Å². The van der Waals surface area contributed by atoms with E-state index in [0.717, 1.165) is 11.3 Å². The average molecular weight is 312 g/mol. The number of nitrogens with one attached hydrogen (secondary N) is 1. The smallest absolute Gasteiger partial charge is 0.263 e. The van der Waals surface area contributed by atoms with E-state index in [-0.39, 0.29) is 21.5 Å². The Morgan fingerprint density at radius 2 is 1.95 bits per heavy atom. The van der Waals surface area contributed by atoms with Gasteiger partial charge in [0.1, 0.15) is 11.4 Å². The van der Waals surface area contributed by atoms with E-state index in [1.165, 1.54) is 31.5 Å². The summed E-state index contributed by atoms with van der Waals surface area (Å²) in [6.07, 6.45) is 0. The van der Waals surface area contributed by atoms with E-state index < -0.39 is 10.0 Å². The molecule has 0 saturated heterocycles. The molecule has 0 aliphatic rings. The summed E-state index contributed by atoms with van der Waals surface area (Å²) in [6.45, 7) is 1.37. The van der Waals surface area contributed by atoms with E-state index in [1.54, 1.807) is 12.1 Å². The Labute approximate surface area is 120 Å². The van der Waals surface area contributed by atoms with Crippen molar-refractivity contribution in [2.75, 3.05) is 11.8 Å². The Morgan fingerprint density at radius 1 is 1.30 bits per heavy atom. The third-order valence-corrected chi connectivity index (χ3v) is 4.70. The van der Waals surface area contributed by atoms with Crippen LogP contribution in [0.2, 0.25) is 0 Å². The number of hydrogen-bond acceptors (Lipinski definition) is 6. The predicted octanol–water partition coefficient (Wildman–Crippen LogP) is 2.16. The van der Waals surface area contributed by atoms with Crippen LogP contribution in [0.4, 0.5) is 5.13 Å². The van der Waals surface area contributed by atoms with Crippen LogP contribution in [0.1, 0.15) is 17.4 Å². The number of sulfonamides is 1. The number of aromatic nitrogens is 1. The van der Waals surface area contributed by atoms with Crippen molar-refractivity contribution in [2.45, 2.75) is 11.8 Å². The molecule has 1 aromatic carbocycles. The standard InChI is InChI=1S/C12H12N2O4S2/c1-8(15)11-7-19-12(13-11)14-20(16,17)10-5-3-9(18-2)4-6-10/h3-7H,1-2H3,(H,13,14). The predicted molar refractivity (Wildman–Crippen MR) is 75.9 cm³/mol. The first-order chi connectivity index (χ1) is 9.42. The summed E-state index contributed by atoms with van der Waals surface area (Å²) in [4.78, 5) is 15.1. The van der Waals surface area contributed by atoms with Gasteiger partial charge in [-0.2, -0.15) is 0 Å². The molecule has 0 saturated carbocycles. The summed E-state index contributed by atoms with van der Waals surface area (Å²) in [6, 6.07) is 5.97. The van der Waals surface area contributed by atoms with Gasteiger partial charge in [-0.1, -0.05) is 0 Å². The summed E-state index contributed by atoms with van der Waals surface area (Å²) in [5.41, 5.74) is 0.238. The number of benzene rings is 1. The molecule has 2 rings (SSSR count). The van der Waals surface area contributed by atoms with Crippen molar-refractivity contribution in [3.63, 3.8) is 0 Å². The lowest BCUT2D eigenvalue weighted by molar-refractivity contribution is 0.101. The lowest BCUT2D eigenvalue weighted by Crippen LogP contribution is -2.12. The molecule has 0 fully saturated rings. The van der Waals surface area contributed by atoms with Crippen LogP contribution >= 0.6 is 11.3 Å². The summed E-state index contributed by atoms with van der Waals surface area (Å²) in [5.74, 6) is 0.355. The van der Waals surface area contributed by atoms with Gasteiger partial charge in [-0.3, -0.25) is 9.52 Å². The van der Waals surface area contributed by atoms with Crippen molar-refractivity contribution in [3.05, 3.63) is 35.3 Å². The summed E-state index contributed by atoms with van der Waals surface area (Å²) < 4.78 is 31.5. The number of carbonyl (C=O) groups excluding carboxylic acids is 1. The first-order valence-electron chi connectivity index (χ1n) is 5.56. The molecular weight excluding hydrogens is 300 g/mol. The number of thiazole rings is 1. The normalized spacial score (nSPS) is 11.1. The fourth-order valence-corrected chi connectivity index (χ4v) is 3.41. The second-order valence-corrected chi connectivity index (χ2v) is 6.42. The van der Waals surface area contributed by atoms with Crippen molar-refractivity contribution in [1.29, 1.82) is 0 Å². The zero-order valence-corrected chi connectivity index (χ0v) is 12.4. The number of nitrogens with zero attached hydrogens (tertiary/aromatic N) is 1. The van der Waals surface area contributed by atoms with Crippen molar-refractivity contribution in [2.24, 2.45) is 0 Å². The Hall–Kier alpha value is -1.93. The van der Waals surface area contributed by atoms with Crippen LogP contribution < -0.4 is 9.46 Å². The molecule has 0 unspecified atom stereocenters. The van der Waals surface area contributed by atoms with Crippen LogP contribution in [0.15, 0.2) is 34.5 Å². The summed E-state index contributed by atoms with van der Waals surface area (Å²) in [5, 5.41) is 1.67. The molecule has 0 radical (unpaired) electrons. The molecule has 0 aliphatic heterocycles. The molecule has 106 valence electrons. The first kappa shape index (κ1) is 14.5. The topological polar surface area (TPSA) is 85.4 Å². The molecule has 0 spiro atoms. The zero-order valence-electron chi connectivity index (χ0n) is 10.8. The summed E-state index contributed by atoms with van der Waals surface area (Å²) >= 11 is 1.06. The Balaban J connectivity index is 2.23. The number of methoxy groups -OCH3 is 1. The Kier molecular flexibility index (Phi) is 4.05. The van der Waals surface area contributed by atoms with Crippen LogP contribution in [-0.4, -0.2) is 26.3 Å². The van der Waals surface area contributed by atoms with Crippen molar-refractivity contribution in [1.82, 2.24) is 4.98 Å². The average Bonchev–Trinajstić information content (AvgIpc) is 2.87. The zero-order chi connectivity index (χ0) is 14.8. The van der Waals surface area contributed by atoms with Crippen LogP contribution in [0, 0.1) is 0 Å². The minimum absolute atomic E-state index is 0.0953. The number of carbonyl (C=O) groups is 1. The highest BCUT2D eigenvalue weighted by Crippen LogP contribution is 2.21. The van der Waals surface area contributed by atoms with Crippen LogP contribution in [0.5, 0.6) is 5.75 Å². The van der Waals surface area contributed by atoms with E-state index in [1.807, 2.05) is 0 Å². The van der Waals surface area contributed by atoms with Crippen molar-refractivity contribution >= 4 is 32.3 Å². The fraction of sp³-hybridized carbons (Fsp3) is 0.167. The molecular formula is C12H12N2O4S2. The van der Waals surface area contributed by atoms with Gasteiger partial charge in [-0.05, 0) is 24.3 Å². The van der Waals surface area contributed by atoms with E-state index in [0.29, 0.717) is 5.75 Å². The number of anilines is 1. The molecule has 1 heterocycles. The van der Waals surface area contributed by atoms with Gasteiger partial charge < -0.3 is 4.74 Å². The lowest BCUT2D eigenvalue weighted by atomic mass is 10.3. The lowest BCUT2D eigenvalue weighted by Gasteiger charge is -2.05. The van der Waals surface area contributed by atoms with Crippen LogP contribution in [0.3, 0.4) is 0 Å². The molecule has 1 aromatic heterocycles.